The maximum absolute atomic E-state index is 6.01. The van der Waals surface area contributed by atoms with Crippen LogP contribution in [-0.2, 0) is 6.42 Å². The molecule has 0 amide bonds. The van der Waals surface area contributed by atoms with Gasteiger partial charge in [0.1, 0.15) is 0 Å². The fourth-order valence-corrected chi connectivity index (χ4v) is 2.05. The molecule has 2 heteroatoms. The van der Waals surface area contributed by atoms with Crippen LogP contribution < -0.4 is 10.6 Å². The number of nitrogens with two attached hydrogens (primary N) is 1. The summed E-state index contributed by atoms with van der Waals surface area (Å²) in [4.78, 5) is 2.30. The summed E-state index contributed by atoms with van der Waals surface area (Å²) in [5.74, 6) is 0. The number of hydrogen-bond acceptors (Lipinski definition) is 2. The second kappa shape index (κ2) is 3.62. The predicted molar refractivity (Wildman–Crippen MR) is 60.6 cm³/mol. The van der Waals surface area contributed by atoms with E-state index in [1.165, 1.54) is 16.8 Å². The van der Waals surface area contributed by atoms with Crippen LogP contribution in [0.3, 0.4) is 0 Å². The third kappa shape index (κ3) is 1.50. The summed E-state index contributed by atoms with van der Waals surface area (Å²) in [5.41, 5.74) is 10.1. The lowest BCUT2D eigenvalue weighted by Gasteiger charge is -2.14. The smallest absolute Gasteiger partial charge is 0.0397 e. The fourth-order valence-electron chi connectivity index (χ4n) is 2.05. The topological polar surface area (TPSA) is 29.3 Å². The summed E-state index contributed by atoms with van der Waals surface area (Å²) in [6.45, 7) is 3.27. The fraction of sp³-hybridized carbons (Fsp3) is 0.500. The zero-order valence-electron chi connectivity index (χ0n) is 8.96. The van der Waals surface area contributed by atoms with Crippen molar-refractivity contribution in [2.75, 3.05) is 18.5 Å². The molecule has 0 radical (unpaired) electrons. The molecule has 0 bridgehead atoms. The van der Waals surface area contributed by atoms with Crippen molar-refractivity contribution in [1.29, 1.82) is 0 Å². The van der Waals surface area contributed by atoms with E-state index in [4.69, 9.17) is 5.73 Å². The highest BCUT2D eigenvalue weighted by atomic mass is 15.1. The molecule has 1 heterocycles. The number of likely N-dealkylation sites (N-methyl/N-ethyl adjacent to an activating group) is 1. The Balaban J connectivity index is 2.32. The van der Waals surface area contributed by atoms with Crippen LogP contribution >= 0.6 is 0 Å². The van der Waals surface area contributed by atoms with Crippen molar-refractivity contribution in [3.63, 3.8) is 0 Å². The molecule has 1 atom stereocenters. The van der Waals surface area contributed by atoms with Crippen LogP contribution in [0.2, 0.25) is 0 Å². The van der Waals surface area contributed by atoms with Crippen molar-refractivity contribution in [1.82, 2.24) is 0 Å². The molecule has 1 unspecified atom stereocenters. The van der Waals surface area contributed by atoms with Crippen molar-refractivity contribution in [2.24, 2.45) is 5.73 Å². The van der Waals surface area contributed by atoms with Gasteiger partial charge in [-0.05, 0) is 30.0 Å². The number of nitrogens with zero attached hydrogens (tertiary/aromatic N) is 1. The lowest BCUT2D eigenvalue weighted by Crippen LogP contribution is -2.12. The van der Waals surface area contributed by atoms with Gasteiger partial charge in [0.2, 0.25) is 0 Å². The van der Waals surface area contributed by atoms with Crippen LogP contribution in [0.5, 0.6) is 0 Å². The van der Waals surface area contributed by atoms with E-state index in [1.807, 2.05) is 0 Å². The molecule has 14 heavy (non-hydrogen) atoms. The molecule has 2 rings (SSSR count). The van der Waals surface area contributed by atoms with Crippen molar-refractivity contribution in [3.8, 4) is 0 Å². The van der Waals surface area contributed by atoms with Gasteiger partial charge in [-0.15, -0.1) is 0 Å². The highest BCUT2D eigenvalue weighted by molar-refractivity contribution is 5.58. The Morgan fingerprint density at radius 2 is 2.29 bits per heavy atom. The molecule has 76 valence electrons. The summed E-state index contributed by atoms with van der Waals surface area (Å²) in [6, 6.07) is 6.83. The third-order valence-corrected chi connectivity index (χ3v) is 3.10. The minimum Gasteiger partial charge on any atom is -0.374 e. The average molecular weight is 190 g/mol. The van der Waals surface area contributed by atoms with Gasteiger partial charge < -0.3 is 10.6 Å². The SMILES string of the molecule is CCC(N)c1ccc2c(c1)CCN2C. The highest BCUT2D eigenvalue weighted by Gasteiger charge is 2.16. The van der Waals surface area contributed by atoms with Crippen LogP contribution in [0.15, 0.2) is 18.2 Å². The van der Waals surface area contributed by atoms with Gasteiger partial charge in [0.15, 0.2) is 0 Å². The van der Waals surface area contributed by atoms with Crippen molar-refractivity contribution in [3.05, 3.63) is 29.3 Å². The monoisotopic (exact) mass is 190 g/mol. The molecule has 0 fully saturated rings. The number of anilines is 1. The van der Waals surface area contributed by atoms with Crippen LogP contribution in [0.1, 0.15) is 30.5 Å². The lowest BCUT2D eigenvalue weighted by atomic mass is 10.0. The van der Waals surface area contributed by atoms with Crippen molar-refractivity contribution >= 4 is 5.69 Å². The van der Waals surface area contributed by atoms with Crippen LogP contribution in [0.4, 0.5) is 5.69 Å². The zero-order chi connectivity index (χ0) is 10.1. The number of hydrogen-bond donors (Lipinski definition) is 1. The molecule has 1 aliphatic heterocycles. The van der Waals surface area contributed by atoms with Gasteiger partial charge in [0.05, 0.1) is 0 Å². The lowest BCUT2D eigenvalue weighted by molar-refractivity contribution is 0.698. The van der Waals surface area contributed by atoms with Gasteiger partial charge >= 0.3 is 0 Å². The molecule has 0 saturated heterocycles. The summed E-state index contributed by atoms with van der Waals surface area (Å²) in [5, 5.41) is 0. The molecule has 1 aromatic rings. The summed E-state index contributed by atoms with van der Waals surface area (Å²) >= 11 is 0. The largest absolute Gasteiger partial charge is 0.374 e. The Kier molecular flexibility index (Phi) is 2.46. The highest BCUT2D eigenvalue weighted by Crippen LogP contribution is 2.29. The Labute approximate surface area is 85.7 Å². The molecule has 1 aromatic carbocycles. The molecular formula is C12H18N2. The van der Waals surface area contributed by atoms with Gasteiger partial charge in [-0.3, -0.25) is 0 Å². The minimum atomic E-state index is 0.200. The number of fused-ring (bicyclic) bond motifs is 1. The first-order chi connectivity index (χ1) is 6.72. The van der Waals surface area contributed by atoms with Crippen LogP contribution in [0.25, 0.3) is 0 Å². The Morgan fingerprint density at radius 3 is 3.00 bits per heavy atom. The van der Waals surface area contributed by atoms with Crippen LogP contribution in [0, 0.1) is 0 Å². The summed E-state index contributed by atoms with van der Waals surface area (Å²) < 4.78 is 0. The summed E-state index contributed by atoms with van der Waals surface area (Å²) in [7, 11) is 2.14. The average Bonchev–Trinajstić information content (AvgIpc) is 2.59. The van der Waals surface area contributed by atoms with Crippen molar-refractivity contribution in [2.45, 2.75) is 25.8 Å². The van der Waals surface area contributed by atoms with Crippen molar-refractivity contribution < 1.29 is 0 Å². The Bertz CT molecular complexity index is 333. The number of rotatable bonds is 2. The standard InChI is InChI=1S/C12H18N2/c1-3-11(13)9-4-5-12-10(8-9)6-7-14(12)2/h4-5,8,11H,3,6-7,13H2,1-2H3. The molecule has 2 nitrogen and oxygen atoms in total. The van der Waals surface area contributed by atoms with Gasteiger partial charge in [-0.25, -0.2) is 0 Å². The van der Waals surface area contributed by atoms with E-state index in [0.717, 1.165) is 19.4 Å². The van der Waals surface area contributed by atoms with Gasteiger partial charge in [-0.1, -0.05) is 19.1 Å². The maximum Gasteiger partial charge on any atom is 0.0397 e. The summed E-state index contributed by atoms with van der Waals surface area (Å²) in [6.07, 6.45) is 2.17. The van der Waals surface area contributed by atoms with E-state index in [-0.39, 0.29) is 6.04 Å². The normalized spacial score (nSPS) is 16.9. The zero-order valence-corrected chi connectivity index (χ0v) is 8.96. The second-order valence-electron chi connectivity index (χ2n) is 4.07. The molecule has 1 aliphatic rings. The van der Waals surface area contributed by atoms with Gasteiger partial charge in [0, 0.05) is 25.3 Å². The molecule has 0 saturated carbocycles. The van der Waals surface area contributed by atoms with Gasteiger partial charge in [-0.2, -0.15) is 0 Å². The number of benzene rings is 1. The van der Waals surface area contributed by atoms with E-state index >= 15 is 0 Å². The van der Waals surface area contributed by atoms with E-state index in [1.54, 1.807) is 0 Å². The molecule has 0 aromatic heterocycles. The molecule has 0 aliphatic carbocycles. The first-order valence-corrected chi connectivity index (χ1v) is 5.32. The van der Waals surface area contributed by atoms with E-state index in [9.17, 15) is 0 Å². The third-order valence-electron chi connectivity index (χ3n) is 3.10. The van der Waals surface area contributed by atoms with Crippen LogP contribution in [-0.4, -0.2) is 13.6 Å². The quantitative estimate of drug-likeness (QED) is 0.773. The molecular weight excluding hydrogens is 172 g/mol. The molecule has 0 spiro atoms. The predicted octanol–water partition coefficient (Wildman–Crippen LogP) is 2.09. The maximum atomic E-state index is 6.01. The minimum absolute atomic E-state index is 0.200. The Hall–Kier alpha value is -1.02. The van der Waals surface area contributed by atoms with Gasteiger partial charge in [0.25, 0.3) is 0 Å². The second-order valence-corrected chi connectivity index (χ2v) is 4.07. The first kappa shape index (κ1) is 9.53. The van der Waals surface area contributed by atoms with E-state index in [0.29, 0.717) is 0 Å². The van der Waals surface area contributed by atoms with E-state index in [2.05, 4.69) is 37.1 Å². The molecule has 2 N–H and O–H groups in total. The van der Waals surface area contributed by atoms with E-state index < -0.39 is 0 Å². The first-order valence-electron chi connectivity index (χ1n) is 5.32. The Morgan fingerprint density at radius 1 is 1.50 bits per heavy atom.